The molecule has 3 N–H and O–H groups in total. The van der Waals surface area contributed by atoms with Gasteiger partial charge in [0, 0.05) is 6.61 Å². The van der Waals surface area contributed by atoms with Gasteiger partial charge in [-0.15, -0.1) is 0 Å². The van der Waals surface area contributed by atoms with Crippen molar-refractivity contribution < 1.29 is 5.11 Å². The molecule has 0 aromatic carbocycles. The quantitative estimate of drug-likeness (QED) is 0.617. The maximum Gasteiger partial charge on any atom is 0.0436 e. The Morgan fingerprint density at radius 1 is 1.27 bits per heavy atom. The molecule has 0 aromatic heterocycles. The molecule has 0 rings (SSSR count). The molecule has 0 saturated heterocycles. The number of nitrogens with two attached hydrogens (primary N) is 1. The van der Waals surface area contributed by atoms with E-state index in [4.69, 9.17) is 10.8 Å². The fraction of sp³-hybridized carbons (Fsp3) is 1.00. The molecule has 0 amide bonds. The molecule has 0 aliphatic heterocycles. The Morgan fingerprint density at radius 3 is 2.18 bits per heavy atom. The molecule has 0 heterocycles. The van der Waals surface area contributed by atoms with Crippen molar-refractivity contribution in [2.75, 3.05) is 13.2 Å². The summed E-state index contributed by atoms with van der Waals surface area (Å²) in [6.45, 7) is 5.29. The molecule has 0 aromatic rings. The maximum absolute atomic E-state index is 8.84. The van der Waals surface area contributed by atoms with Crippen LogP contribution in [0.1, 0.15) is 39.5 Å². The van der Waals surface area contributed by atoms with Gasteiger partial charge in [-0.05, 0) is 31.2 Å². The molecule has 0 spiro atoms. The van der Waals surface area contributed by atoms with Crippen LogP contribution in [0.2, 0.25) is 0 Å². The van der Waals surface area contributed by atoms with Crippen LogP contribution in [-0.2, 0) is 0 Å². The van der Waals surface area contributed by atoms with Crippen LogP contribution in [0.5, 0.6) is 0 Å². The zero-order valence-corrected chi connectivity index (χ0v) is 7.77. The Labute approximate surface area is 69.8 Å². The molecule has 11 heavy (non-hydrogen) atoms. The first-order valence-corrected chi connectivity index (χ1v) is 4.55. The summed E-state index contributed by atoms with van der Waals surface area (Å²) in [6, 6.07) is 0. The van der Waals surface area contributed by atoms with Gasteiger partial charge in [0.25, 0.3) is 0 Å². The van der Waals surface area contributed by atoms with Gasteiger partial charge in [0.15, 0.2) is 0 Å². The fourth-order valence-electron chi connectivity index (χ4n) is 1.59. The van der Waals surface area contributed by atoms with Crippen LogP contribution in [0.3, 0.4) is 0 Å². The van der Waals surface area contributed by atoms with Crippen LogP contribution >= 0.6 is 0 Å². The second-order valence-electron chi connectivity index (χ2n) is 3.28. The third-order valence-electron chi connectivity index (χ3n) is 2.61. The van der Waals surface area contributed by atoms with Gasteiger partial charge in [-0.2, -0.15) is 0 Å². The standard InChI is InChI=1S/C9H21NO/c1-3-5-9(4-2,8-10)6-7-11/h11H,3-8,10H2,1-2H3. The van der Waals surface area contributed by atoms with Crippen LogP contribution in [0.15, 0.2) is 0 Å². The average Bonchev–Trinajstić information content (AvgIpc) is 2.04. The van der Waals surface area contributed by atoms with Gasteiger partial charge in [0.05, 0.1) is 0 Å². The van der Waals surface area contributed by atoms with Gasteiger partial charge >= 0.3 is 0 Å². The number of hydrogen-bond acceptors (Lipinski definition) is 2. The van der Waals surface area contributed by atoms with Crippen LogP contribution in [-0.4, -0.2) is 18.3 Å². The third-order valence-corrected chi connectivity index (χ3v) is 2.61. The Kier molecular flexibility index (Phi) is 5.51. The summed E-state index contributed by atoms with van der Waals surface area (Å²) in [5.41, 5.74) is 5.89. The van der Waals surface area contributed by atoms with Crippen molar-refractivity contribution in [3.05, 3.63) is 0 Å². The van der Waals surface area contributed by atoms with Gasteiger partial charge in [0.2, 0.25) is 0 Å². The van der Waals surface area contributed by atoms with Gasteiger partial charge in [-0.25, -0.2) is 0 Å². The summed E-state index contributed by atoms with van der Waals surface area (Å²) in [7, 11) is 0. The third kappa shape index (κ3) is 3.21. The minimum atomic E-state index is 0.212. The van der Waals surface area contributed by atoms with E-state index in [0.29, 0.717) is 6.54 Å². The SMILES string of the molecule is CCCC(CC)(CN)CCO. The fourth-order valence-corrected chi connectivity index (χ4v) is 1.59. The van der Waals surface area contributed by atoms with E-state index in [-0.39, 0.29) is 12.0 Å². The molecule has 0 aliphatic carbocycles. The molecule has 0 radical (unpaired) electrons. The zero-order chi connectivity index (χ0) is 8.74. The van der Waals surface area contributed by atoms with Crippen molar-refractivity contribution in [1.82, 2.24) is 0 Å². The summed E-state index contributed by atoms with van der Waals surface area (Å²) in [6.07, 6.45) is 4.23. The van der Waals surface area contributed by atoms with E-state index in [2.05, 4.69) is 13.8 Å². The monoisotopic (exact) mass is 159 g/mol. The summed E-state index contributed by atoms with van der Waals surface area (Å²) in [5.74, 6) is 0. The Balaban J connectivity index is 3.96. The van der Waals surface area contributed by atoms with Gasteiger partial charge in [-0.3, -0.25) is 0 Å². The average molecular weight is 159 g/mol. The summed E-state index contributed by atoms with van der Waals surface area (Å²) >= 11 is 0. The van der Waals surface area contributed by atoms with Gasteiger partial charge in [-0.1, -0.05) is 20.3 Å². The second kappa shape index (κ2) is 5.56. The summed E-state index contributed by atoms with van der Waals surface area (Å²) in [4.78, 5) is 0. The Bertz CT molecular complexity index is 81.6. The van der Waals surface area contributed by atoms with E-state index in [1.807, 2.05) is 0 Å². The molecule has 2 nitrogen and oxygen atoms in total. The highest BCUT2D eigenvalue weighted by molar-refractivity contribution is 4.77. The molecule has 0 aliphatic rings. The minimum absolute atomic E-state index is 0.212. The molecule has 0 fully saturated rings. The van der Waals surface area contributed by atoms with E-state index in [9.17, 15) is 0 Å². The molecule has 1 unspecified atom stereocenters. The highest BCUT2D eigenvalue weighted by Gasteiger charge is 2.24. The van der Waals surface area contributed by atoms with E-state index >= 15 is 0 Å². The second-order valence-corrected chi connectivity index (χ2v) is 3.28. The smallest absolute Gasteiger partial charge is 0.0436 e. The molecule has 0 saturated carbocycles. The number of aliphatic hydroxyl groups excluding tert-OH is 1. The number of hydrogen-bond donors (Lipinski definition) is 2. The normalized spacial score (nSPS) is 16.4. The van der Waals surface area contributed by atoms with E-state index in [0.717, 1.165) is 25.7 Å². The number of aliphatic hydroxyl groups is 1. The van der Waals surface area contributed by atoms with Crippen molar-refractivity contribution in [1.29, 1.82) is 0 Å². The summed E-state index contributed by atoms with van der Waals surface area (Å²) < 4.78 is 0. The first kappa shape index (κ1) is 10.9. The van der Waals surface area contributed by atoms with E-state index < -0.39 is 0 Å². The zero-order valence-electron chi connectivity index (χ0n) is 7.77. The van der Waals surface area contributed by atoms with E-state index in [1.165, 1.54) is 0 Å². The Morgan fingerprint density at radius 2 is 1.91 bits per heavy atom. The maximum atomic E-state index is 8.84. The largest absolute Gasteiger partial charge is 0.396 e. The molecule has 1 atom stereocenters. The molecular formula is C9H21NO. The summed E-state index contributed by atoms with van der Waals surface area (Å²) in [5, 5.41) is 8.84. The molecular weight excluding hydrogens is 138 g/mol. The first-order valence-electron chi connectivity index (χ1n) is 4.55. The topological polar surface area (TPSA) is 46.2 Å². The van der Waals surface area contributed by atoms with E-state index in [1.54, 1.807) is 0 Å². The Hall–Kier alpha value is -0.0800. The van der Waals surface area contributed by atoms with Crippen molar-refractivity contribution in [2.45, 2.75) is 39.5 Å². The lowest BCUT2D eigenvalue weighted by Gasteiger charge is -2.30. The van der Waals surface area contributed by atoms with Crippen LogP contribution in [0.25, 0.3) is 0 Å². The first-order chi connectivity index (χ1) is 5.24. The van der Waals surface area contributed by atoms with Gasteiger partial charge in [0.1, 0.15) is 0 Å². The highest BCUT2D eigenvalue weighted by Crippen LogP contribution is 2.30. The van der Waals surface area contributed by atoms with Crippen molar-refractivity contribution >= 4 is 0 Å². The molecule has 68 valence electrons. The van der Waals surface area contributed by atoms with Crippen molar-refractivity contribution in [3.63, 3.8) is 0 Å². The number of rotatable bonds is 6. The van der Waals surface area contributed by atoms with Crippen molar-refractivity contribution in [2.24, 2.45) is 11.1 Å². The van der Waals surface area contributed by atoms with Crippen LogP contribution in [0, 0.1) is 5.41 Å². The predicted octanol–water partition coefficient (Wildman–Crippen LogP) is 1.52. The van der Waals surface area contributed by atoms with Crippen LogP contribution < -0.4 is 5.73 Å². The predicted molar refractivity (Wildman–Crippen MR) is 48.4 cm³/mol. The van der Waals surface area contributed by atoms with Gasteiger partial charge < -0.3 is 10.8 Å². The lowest BCUT2D eigenvalue weighted by Crippen LogP contribution is -2.30. The molecule has 0 bridgehead atoms. The lowest BCUT2D eigenvalue weighted by molar-refractivity contribution is 0.168. The minimum Gasteiger partial charge on any atom is -0.396 e. The molecule has 2 heteroatoms. The lowest BCUT2D eigenvalue weighted by atomic mass is 9.78. The van der Waals surface area contributed by atoms with Crippen molar-refractivity contribution in [3.8, 4) is 0 Å². The van der Waals surface area contributed by atoms with Crippen LogP contribution in [0.4, 0.5) is 0 Å². The highest BCUT2D eigenvalue weighted by atomic mass is 16.3.